The summed E-state index contributed by atoms with van der Waals surface area (Å²) in [6, 6.07) is 4.90. The number of carbonyl (C=O) groups excluding carboxylic acids is 2. The van der Waals surface area contributed by atoms with Crippen LogP contribution >= 0.6 is 0 Å². The van der Waals surface area contributed by atoms with E-state index in [1.54, 1.807) is 18.2 Å². The lowest BCUT2D eigenvalue weighted by molar-refractivity contribution is -0.775. The van der Waals surface area contributed by atoms with Gasteiger partial charge in [0.2, 0.25) is 0 Å². The van der Waals surface area contributed by atoms with Crippen LogP contribution in [0.15, 0.2) is 18.2 Å². The van der Waals surface area contributed by atoms with Gasteiger partial charge in [0.05, 0.1) is 0 Å². The summed E-state index contributed by atoms with van der Waals surface area (Å²) in [5.41, 5.74) is -2.44. The zero-order valence-electron chi connectivity index (χ0n) is 18.8. The Kier molecular flexibility index (Phi) is 5.40. The molecule has 0 aliphatic heterocycles. The van der Waals surface area contributed by atoms with Crippen molar-refractivity contribution in [2.75, 3.05) is 0 Å². The predicted molar refractivity (Wildman–Crippen MR) is 114 cm³/mol. The number of nitrogens with zero attached hydrogens (tertiary/aromatic N) is 1. The van der Waals surface area contributed by atoms with E-state index in [9.17, 15) is 24.8 Å². The Morgan fingerprint density at radius 1 is 1.24 bits per heavy atom. The van der Waals surface area contributed by atoms with Gasteiger partial charge >= 0.3 is 11.9 Å². The molecule has 0 spiro atoms. The van der Waals surface area contributed by atoms with Gasteiger partial charge in [0.15, 0.2) is 5.60 Å². The first-order valence-corrected chi connectivity index (χ1v) is 11.0. The number of esters is 2. The van der Waals surface area contributed by atoms with Gasteiger partial charge in [-0.05, 0) is 67.2 Å². The summed E-state index contributed by atoms with van der Waals surface area (Å²) in [7, 11) is 0. The highest BCUT2D eigenvalue weighted by molar-refractivity contribution is 5.69. The SMILES string of the molecule is C#C[C@]1(OC(C)=O)CC[C@@H]2[C@@H]3CCc4cc(OC(C)=O)ccc4[C@@]3(O)[C@@H](O[N+](=O)[O-])C[C@@]21C. The Morgan fingerprint density at radius 2 is 1.97 bits per heavy atom. The molecule has 0 amide bonds. The van der Waals surface area contributed by atoms with E-state index in [0.29, 0.717) is 37.0 Å². The fourth-order valence-corrected chi connectivity index (χ4v) is 6.71. The average Bonchev–Trinajstić information content (AvgIpc) is 2.99. The number of ether oxygens (including phenoxy) is 2. The molecule has 0 heterocycles. The summed E-state index contributed by atoms with van der Waals surface area (Å²) < 4.78 is 10.9. The van der Waals surface area contributed by atoms with Crippen molar-refractivity contribution in [3.05, 3.63) is 39.4 Å². The van der Waals surface area contributed by atoms with E-state index < -0.39 is 45.7 Å². The highest BCUT2D eigenvalue weighted by atomic mass is 17.0. The molecule has 9 nitrogen and oxygen atoms in total. The lowest BCUT2D eigenvalue weighted by Crippen LogP contribution is -2.64. The Balaban J connectivity index is 1.83. The molecule has 6 atom stereocenters. The number of hydrogen-bond donors (Lipinski definition) is 1. The molecule has 0 radical (unpaired) electrons. The van der Waals surface area contributed by atoms with Gasteiger partial charge in [-0.25, -0.2) is 0 Å². The normalized spacial score (nSPS) is 36.4. The molecule has 2 fully saturated rings. The summed E-state index contributed by atoms with van der Waals surface area (Å²) in [4.78, 5) is 39.8. The number of rotatable bonds is 4. The Bertz CT molecular complexity index is 1060. The molecule has 4 rings (SSSR count). The Morgan fingerprint density at radius 3 is 2.58 bits per heavy atom. The second-order valence-electron chi connectivity index (χ2n) is 9.53. The molecule has 1 aromatic carbocycles. The largest absolute Gasteiger partial charge is 0.445 e. The van der Waals surface area contributed by atoms with Crippen LogP contribution in [0.5, 0.6) is 5.75 Å². The van der Waals surface area contributed by atoms with Crippen LogP contribution in [0, 0.1) is 39.7 Å². The lowest BCUT2D eigenvalue weighted by Gasteiger charge is -2.58. The van der Waals surface area contributed by atoms with Crippen molar-refractivity contribution >= 4 is 11.9 Å². The van der Waals surface area contributed by atoms with Crippen LogP contribution < -0.4 is 4.74 Å². The molecule has 1 aromatic rings. The van der Waals surface area contributed by atoms with Crippen molar-refractivity contribution in [3.63, 3.8) is 0 Å². The molecular weight excluding hydrogens is 430 g/mol. The molecule has 33 heavy (non-hydrogen) atoms. The monoisotopic (exact) mass is 457 g/mol. The first-order valence-electron chi connectivity index (χ1n) is 11.0. The van der Waals surface area contributed by atoms with Crippen LogP contribution in [0.25, 0.3) is 0 Å². The number of terminal acetylenes is 1. The lowest BCUT2D eigenvalue weighted by atomic mass is 9.50. The maximum Gasteiger partial charge on any atom is 0.308 e. The van der Waals surface area contributed by atoms with E-state index >= 15 is 0 Å². The van der Waals surface area contributed by atoms with Gasteiger partial charge in [0.25, 0.3) is 5.09 Å². The van der Waals surface area contributed by atoms with Crippen LogP contribution in [0.2, 0.25) is 0 Å². The van der Waals surface area contributed by atoms with Gasteiger partial charge < -0.3 is 19.4 Å². The van der Waals surface area contributed by atoms with Crippen LogP contribution in [0.3, 0.4) is 0 Å². The van der Waals surface area contributed by atoms with E-state index in [1.807, 2.05) is 6.92 Å². The first-order chi connectivity index (χ1) is 15.5. The van der Waals surface area contributed by atoms with E-state index in [2.05, 4.69) is 5.92 Å². The molecule has 0 unspecified atom stereocenters. The maximum atomic E-state index is 12.1. The first kappa shape index (κ1) is 23.1. The van der Waals surface area contributed by atoms with E-state index in [-0.39, 0.29) is 12.3 Å². The summed E-state index contributed by atoms with van der Waals surface area (Å²) in [6.07, 6.45) is 6.80. The molecule has 9 heteroatoms. The number of aryl methyl sites for hydroxylation is 1. The van der Waals surface area contributed by atoms with Crippen LogP contribution in [0.4, 0.5) is 0 Å². The molecule has 3 aliphatic rings. The Hall–Kier alpha value is -3.12. The van der Waals surface area contributed by atoms with Crippen molar-refractivity contribution in [1.29, 1.82) is 0 Å². The molecule has 176 valence electrons. The third-order valence-corrected chi connectivity index (χ3v) is 7.96. The topological polar surface area (TPSA) is 125 Å². The minimum Gasteiger partial charge on any atom is -0.445 e. The van der Waals surface area contributed by atoms with Gasteiger partial charge in [-0.1, -0.05) is 18.9 Å². The third kappa shape index (κ3) is 3.35. The molecule has 0 aromatic heterocycles. The average molecular weight is 457 g/mol. The second-order valence-corrected chi connectivity index (χ2v) is 9.53. The maximum absolute atomic E-state index is 12.1. The molecular formula is C24H27NO8. The predicted octanol–water partition coefficient (Wildman–Crippen LogP) is 2.69. The summed E-state index contributed by atoms with van der Waals surface area (Å²) in [6.45, 7) is 4.47. The van der Waals surface area contributed by atoms with Gasteiger partial charge in [-0.3, -0.25) is 9.59 Å². The minimum absolute atomic E-state index is 0.0360. The number of aliphatic hydroxyl groups is 1. The summed E-state index contributed by atoms with van der Waals surface area (Å²) >= 11 is 0. The van der Waals surface area contributed by atoms with Gasteiger partial charge in [-0.2, -0.15) is 0 Å². The van der Waals surface area contributed by atoms with Gasteiger partial charge in [0.1, 0.15) is 17.5 Å². The van der Waals surface area contributed by atoms with Crippen molar-refractivity contribution in [2.45, 2.75) is 70.2 Å². The molecule has 0 bridgehead atoms. The fourth-order valence-electron chi connectivity index (χ4n) is 6.71. The Labute approximate surface area is 191 Å². The van der Waals surface area contributed by atoms with Crippen LogP contribution in [0.1, 0.15) is 57.6 Å². The van der Waals surface area contributed by atoms with Crippen molar-refractivity contribution in [3.8, 4) is 18.1 Å². The number of fused-ring (bicyclic) bond motifs is 5. The molecule has 1 N–H and O–H groups in total. The van der Waals surface area contributed by atoms with E-state index in [1.165, 1.54) is 13.8 Å². The fraction of sp³-hybridized carbons (Fsp3) is 0.583. The van der Waals surface area contributed by atoms with Crippen LogP contribution in [-0.2, 0) is 31.2 Å². The number of carbonyl (C=O) groups is 2. The number of hydrogen-bond acceptors (Lipinski definition) is 8. The van der Waals surface area contributed by atoms with Gasteiger partial charge in [0, 0.05) is 19.3 Å². The highest BCUT2D eigenvalue weighted by Crippen LogP contribution is 2.66. The molecule has 0 saturated heterocycles. The summed E-state index contributed by atoms with van der Waals surface area (Å²) in [5.74, 6) is 1.49. The highest BCUT2D eigenvalue weighted by Gasteiger charge is 2.70. The van der Waals surface area contributed by atoms with Gasteiger partial charge in [-0.15, -0.1) is 16.5 Å². The van der Waals surface area contributed by atoms with Crippen molar-refractivity contribution in [1.82, 2.24) is 0 Å². The minimum atomic E-state index is -1.65. The van der Waals surface area contributed by atoms with Crippen molar-refractivity contribution in [2.24, 2.45) is 17.3 Å². The quantitative estimate of drug-likeness (QED) is 0.241. The molecule has 2 saturated carbocycles. The molecule has 3 aliphatic carbocycles. The smallest absolute Gasteiger partial charge is 0.308 e. The van der Waals surface area contributed by atoms with E-state index in [0.717, 1.165) is 5.56 Å². The third-order valence-electron chi connectivity index (χ3n) is 7.96. The zero-order valence-corrected chi connectivity index (χ0v) is 18.8. The van der Waals surface area contributed by atoms with Crippen molar-refractivity contribution < 1.29 is 34.1 Å². The standard InChI is InChI=1S/C24H27NO8/c1-5-23(32-15(3)27)11-10-19-20-8-6-16-12-17(31-14(2)26)7-9-18(16)24(20,28)21(33-25(29)30)13-22(19,23)4/h1,7,9,12,19-21,28H,6,8,10-11,13H2,2-4H3/t19-,20+,21+,22+,23+,24+/m1/s1. The van der Waals surface area contributed by atoms with E-state index in [4.69, 9.17) is 20.7 Å². The zero-order chi connectivity index (χ0) is 24.2. The number of benzene rings is 1. The summed E-state index contributed by atoms with van der Waals surface area (Å²) in [5, 5.41) is 22.7. The van der Waals surface area contributed by atoms with Crippen LogP contribution in [-0.4, -0.2) is 33.8 Å². The second kappa shape index (κ2) is 7.73.